The fourth-order valence-corrected chi connectivity index (χ4v) is 2.94. The van der Waals surface area contributed by atoms with E-state index in [-0.39, 0.29) is 29.6 Å². The number of carbonyl (C=O) groups is 1. The molecule has 0 aliphatic rings. The van der Waals surface area contributed by atoms with Crippen LogP contribution in [0.4, 0.5) is 13.2 Å². The van der Waals surface area contributed by atoms with Crippen LogP contribution in [-0.2, 0) is 17.5 Å². The molecule has 0 saturated carbocycles. The number of alkyl halides is 3. The Hall–Kier alpha value is -2.81. The fraction of sp³-hybridized carbons (Fsp3) is 0.278. The molecule has 10 heteroatoms. The summed E-state index contributed by atoms with van der Waals surface area (Å²) in [6.45, 7) is 3.45. The topological polar surface area (TPSA) is 68.5 Å². The molecule has 0 saturated heterocycles. The molecule has 0 atom stereocenters. The number of benzene rings is 1. The van der Waals surface area contributed by atoms with E-state index in [0.29, 0.717) is 5.75 Å². The monoisotopic (exact) mass is 412 g/mol. The number of aromatic nitrogens is 3. The van der Waals surface area contributed by atoms with Crippen molar-refractivity contribution >= 4 is 23.2 Å². The van der Waals surface area contributed by atoms with E-state index in [4.69, 9.17) is 16.3 Å². The summed E-state index contributed by atoms with van der Waals surface area (Å²) >= 11 is 5.78. The standard InChI is InChI=1S/C18H16ClF3N4O2/c1-10-3-11(2)5-13(4-10)28-9-16(27)23-7-15-24-25-17-14(18(20,21)22)6-12(19)8-26(15)17/h3-6,8H,7,9H2,1-2H3,(H,23,27). The molecular formula is C18H16ClF3N4O2. The lowest BCUT2D eigenvalue weighted by molar-refractivity contribution is -0.136. The van der Waals surface area contributed by atoms with Crippen LogP contribution in [0.2, 0.25) is 5.02 Å². The molecule has 0 unspecified atom stereocenters. The highest BCUT2D eigenvalue weighted by Gasteiger charge is 2.35. The maximum atomic E-state index is 13.1. The number of pyridine rings is 1. The van der Waals surface area contributed by atoms with E-state index < -0.39 is 17.6 Å². The van der Waals surface area contributed by atoms with Crippen molar-refractivity contribution in [1.29, 1.82) is 0 Å². The highest BCUT2D eigenvalue weighted by molar-refractivity contribution is 6.30. The van der Waals surface area contributed by atoms with Crippen molar-refractivity contribution in [1.82, 2.24) is 19.9 Å². The molecule has 2 aromatic heterocycles. The van der Waals surface area contributed by atoms with Gasteiger partial charge in [0.2, 0.25) is 0 Å². The SMILES string of the molecule is Cc1cc(C)cc(OCC(=O)NCc2nnc3c(C(F)(F)F)cc(Cl)cn23)c1. The number of hydrogen-bond acceptors (Lipinski definition) is 4. The number of fused-ring (bicyclic) bond motifs is 1. The summed E-state index contributed by atoms with van der Waals surface area (Å²) in [5, 5.41) is 9.71. The van der Waals surface area contributed by atoms with Gasteiger partial charge >= 0.3 is 6.18 Å². The Bertz CT molecular complexity index is 1010. The molecule has 2 heterocycles. The quantitative estimate of drug-likeness (QED) is 0.693. The summed E-state index contributed by atoms with van der Waals surface area (Å²) in [5.74, 6) is 0.221. The van der Waals surface area contributed by atoms with E-state index in [0.717, 1.165) is 21.6 Å². The van der Waals surface area contributed by atoms with Gasteiger partial charge in [0.15, 0.2) is 18.1 Å². The average Bonchev–Trinajstić information content (AvgIpc) is 2.98. The predicted molar refractivity (Wildman–Crippen MR) is 96.3 cm³/mol. The Morgan fingerprint density at radius 1 is 1.18 bits per heavy atom. The molecule has 0 bridgehead atoms. The Morgan fingerprint density at radius 3 is 2.50 bits per heavy atom. The summed E-state index contributed by atoms with van der Waals surface area (Å²) in [6.07, 6.45) is -3.36. The molecule has 0 fully saturated rings. The molecule has 3 rings (SSSR count). The molecule has 3 aromatic rings. The number of aryl methyl sites for hydroxylation is 2. The van der Waals surface area contributed by atoms with Gasteiger partial charge in [-0.2, -0.15) is 13.2 Å². The van der Waals surface area contributed by atoms with Crippen LogP contribution in [-0.4, -0.2) is 27.1 Å². The maximum absolute atomic E-state index is 13.1. The van der Waals surface area contributed by atoms with E-state index in [1.54, 1.807) is 12.1 Å². The van der Waals surface area contributed by atoms with Gasteiger partial charge in [-0.25, -0.2) is 0 Å². The summed E-state index contributed by atoms with van der Waals surface area (Å²) in [7, 11) is 0. The Kier molecular flexibility index (Phi) is 5.46. The number of amides is 1. The molecule has 28 heavy (non-hydrogen) atoms. The third-order valence-corrected chi connectivity index (χ3v) is 4.06. The third-order valence-electron chi connectivity index (χ3n) is 3.86. The Labute approximate surface area is 163 Å². The van der Waals surface area contributed by atoms with Crippen LogP contribution < -0.4 is 10.1 Å². The largest absolute Gasteiger partial charge is 0.484 e. The minimum atomic E-state index is -4.63. The smallest absolute Gasteiger partial charge is 0.420 e. The maximum Gasteiger partial charge on any atom is 0.420 e. The van der Waals surface area contributed by atoms with Crippen LogP contribution in [0.3, 0.4) is 0 Å². The molecular weight excluding hydrogens is 397 g/mol. The third kappa shape index (κ3) is 4.53. The first kappa shape index (κ1) is 19.9. The molecule has 0 aliphatic heterocycles. The predicted octanol–water partition coefficient (Wildman–Crippen LogP) is 3.71. The zero-order chi connectivity index (χ0) is 20.5. The number of nitrogens with one attached hydrogen (secondary N) is 1. The van der Waals surface area contributed by atoms with Crippen LogP contribution in [0.25, 0.3) is 5.65 Å². The number of halogens is 4. The van der Waals surface area contributed by atoms with Gasteiger partial charge in [-0.05, 0) is 43.2 Å². The van der Waals surface area contributed by atoms with Crippen molar-refractivity contribution in [2.45, 2.75) is 26.6 Å². The van der Waals surface area contributed by atoms with Gasteiger partial charge < -0.3 is 10.1 Å². The van der Waals surface area contributed by atoms with Gasteiger partial charge in [-0.1, -0.05) is 17.7 Å². The molecule has 1 N–H and O–H groups in total. The lowest BCUT2D eigenvalue weighted by atomic mass is 10.1. The van der Waals surface area contributed by atoms with Crippen LogP contribution in [0, 0.1) is 13.8 Å². The number of hydrogen-bond donors (Lipinski definition) is 1. The van der Waals surface area contributed by atoms with Crippen molar-refractivity contribution in [3.05, 3.63) is 58.0 Å². The van der Waals surface area contributed by atoms with Crippen molar-refractivity contribution in [3.8, 4) is 5.75 Å². The molecule has 1 amide bonds. The molecule has 6 nitrogen and oxygen atoms in total. The second kappa shape index (κ2) is 7.67. The van der Waals surface area contributed by atoms with E-state index in [1.807, 2.05) is 19.9 Å². The van der Waals surface area contributed by atoms with Crippen LogP contribution >= 0.6 is 11.6 Å². The van der Waals surface area contributed by atoms with Gasteiger partial charge in [0.1, 0.15) is 11.3 Å². The number of nitrogens with zero attached hydrogens (tertiary/aromatic N) is 3. The number of carbonyl (C=O) groups excluding carboxylic acids is 1. The zero-order valence-electron chi connectivity index (χ0n) is 15.0. The zero-order valence-corrected chi connectivity index (χ0v) is 15.7. The number of rotatable bonds is 5. The minimum Gasteiger partial charge on any atom is -0.484 e. The van der Waals surface area contributed by atoms with Crippen molar-refractivity contribution < 1.29 is 22.7 Å². The van der Waals surface area contributed by atoms with Crippen LogP contribution in [0.15, 0.2) is 30.5 Å². The molecule has 0 spiro atoms. The number of ether oxygens (including phenoxy) is 1. The highest BCUT2D eigenvalue weighted by Crippen LogP contribution is 2.33. The second-order valence-corrected chi connectivity index (χ2v) is 6.70. The van der Waals surface area contributed by atoms with Crippen molar-refractivity contribution in [2.24, 2.45) is 0 Å². The molecule has 148 valence electrons. The minimum absolute atomic E-state index is 0.114. The van der Waals surface area contributed by atoms with Crippen molar-refractivity contribution in [2.75, 3.05) is 6.61 Å². The Balaban J connectivity index is 1.68. The normalized spacial score (nSPS) is 11.6. The van der Waals surface area contributed by atoms with Gasteiger partial charge in [-0.3, -0.25) is 9.20 Å². The lowest BCUT2D eigenvalue weighted by Crippen LogP contribution is -2.29. The van der Waals surface area contributed by atoms with E-state index >= 15 is 0 Å². The fourth-order valence-electron chi connectivity index (χ4n) is 2.73. The lowest BCUT2D eigenvalue weighted by Gasteiger charge is -2.10. The highest BCUT2D eigenvalue weighted by atomic mass is 35.5. The van der Waals surface area contributed by atoms with Crippen molar-refractivity contribution in [3.63, 3.8) is 0 Å². The summed E-state index contributed by atoms with van der Waals surface area (Å²) in [5.41, 5.74) is 0.626. The van der Waals surface area contributed by atoms with Crippen LogP contribution in [0.5, 0.6) is 5.75 Å². The average molecular weight is 413 g/mol. The Morgan fingerprint density at radius 2 is 1.86 bits per heavy atom. The summed E-state index contributed by atoms with van der Waals surface area (Å²) in [6, 6.07) is 6.36. The van der Waals surface area contributed by atoms with Gasteiger partial charge in [0.05, 0.1) is 11.6 Å². The summed E-state index contributed by atoms with van der Waals surface area (Å²) in [4.78, 5) is 12.0. The molecule has 1 aromatic carbocycles. The molecule has 0 aliphatic carbocycles. The first-order valence-electron chi connectivity index (χ1n) is 8.21. The second-order valence-electron chi connectivity index (χ2n) is 6.27. The van der Waals surface area contributed by atoms with E-state index in [1.165, 1.54) is 6.20 Å². The van der Waals surface area contributed by atoms with Gasteiger partial charge in [0, 0.05) is 6.20 Å². The first-order valence-corrected chi connectivity index (χ1v) is 8.59. The molecule has 0 radical (unpaired) electrons. The van der Waals surface area contributed by atoms with E-state index in [2.05, 4.69) is 15.5 Å². The van der Waals surface area contributed by atoms with E-state index in [9.17, 15) is 18.0 Å². The van der Waals surface area contributed by atoms with Gasteiger partial charge in [0.25, 0.3) is 5.91 Å². The first-order chi connectivity index (χ1) is 13.1. The van der Waals surface area contributed by atoms with Gasteiger partial charge in [-0.15, -0.1) is 10.2 Å². The summed E-state index contributed by atoms with van der Waals surface area (Å²) < 4.78 is 45.9. The van der Waals surface area contributed by atoms with Crippen LogP contribution in [0.1, 0.15) is 22.5 Å².